The molecule has 0 aliphatic carbocycles. The van der Waals surface area contributed by atoms with Gasteiger partial charge in [0.15, 0.2) is 0 Å². The zero-order valence-corrected chi connectivity index (χ0v) is 15.8. The monoisotopic (exact) mass is 402 g/mol. The number of hydrogen-bond acceptors (Lipinski definition) is 4. The van der Waals surface area contributed by atoms with E-state index in [1.54, 1.807) is 30.3 Å². The Morgan fingerprint density at radius 3 is 2.37 bits per heavy atom. The Bertz CT molecular complexity index is 1340. The second-order valence-electron chi connectivity index (χ2n) is 6.75. The van der Waals surface area contributed by atoms with E-state index < -0.39 is 17.3 Å². The number of nitrogens with zero attached hydrogens (tertiary/aromatic N) is 2. The molecule has 150 valence electrons. The fourth-order valence-corrected chi connectivity index (χ4v) is 3.27. The smallest absolute Gasteiger partial charge is 0.412 e. The molecule has 0 unspecified atom stereocenters. The van der Waals surface area contributed by atoms with Crippen LogP contribution in [0.1, 0.15) is 5.56 Å². The summed E-state index contributed by atoms with van der Waals surface area (Å²) in [6.45, 7) is 0.133. The summed E-state index contributed by atoms with van der Waals surface area (Å²) in [5.41, 5.74) is 6.86. The number of nitrogen functional groups attached to an aromatic ring is 1. The number of anilines is 2. The van der Waals surface area contributed by atoms with Gasteiger partial charge in [0.1, 0.15) is 0 Å². The number of H-pyrrole nitrogens is 1. The molecular weight excluding hydrogens is 384 g/mol. The molecule has 0 bridgehead atoms. The molecule has 30 heavy (non-hydrogen) atoms. The van der Waals surface area contributed by atoms with Crippen molar-refractivity contribution in [1.82, 2.24) is 9.55 Å². The number of hydrogen-bond donors (Lipinski definition) is 3. The van der Waals surface area contributed by atoms with Crippen LogP contribution >= 0.6 is 0 Å². The fourth-order valence-electron chi connectivity index (χ4n) is 3.27. The molecule has 4 aromatic rings. The molecule has 1 heterocycles. The first-order valence-electron chi connectivity index (χ1n) is 9.13. The van der Waals surface area contributed by atoms with Gasteiger partial charge < -0.3 is 15.8 Å². The van der Waals surface area contributed by atoms with Gasteiger partial charge in [-0.15, -0.1) is 0 Å². The maximum atomic E-state index is 12.9. The number of fused-ring (bicyclic) bond motifs is 1. The van der Waals surface area contributed by atoms with Gasteiger partial charge in [-0.25, -0.2) is 14.2 Å². The zero-order chi connectivity index (χ0) is 21.3. The molecular formula is C22H18N4O4. The van der Waals surface area contributed by atoms with Crippen LogP contribution in [0.25, 0.3) is 16.6 Å². The first-order chi connectivity index (χ1) is 14.4. The number of nitrogens with one attached hydrogen (secondary N) is 1. The van der Waals surface area contributed by atoms with E-state index in [1.807, 2.05) is 30.3 Å². The van der Waals surface area contributed by atoms with Crippen LogP contribution in [0.2, 0.25) is 0 Å². The standard InChI is InChI=1S/C22H18N4O4/c23-15-6-8-16(9-7-15)26-20(27)18-11-10-17(12-19(18)24-21(26)28)25(22(29)30)13-14-4-2-1-3-5-14/h1-12H,13,23H2,(H,24,28)(H,29,30). The van der Waals surface area contributed by atoms with Gasteiger partial charge in [0.2, 0.25) is 0 Å². The van der Waals surface area contributed by atoms with Crippen molar-refractivity contribution in [2.45, 2.75) is 6.54 Å². The number of carboxylic acid groups (broad SMARTS) is 1. The zero-order valence-electron chi connectivity index (χ0n) is 15.8. The van der Waals surface area contributed by atoms with E-state index in [9.17, 15) is 19.5 Å². The molecule has 0 atom stereocenters. The lowest BCUT2D eigenvalue weighted by Crippen LogP contribution is -2.34. The molecule has 0 saturated heterocycles. The second kappa shape index (κ2) is 7.59. The predicted octanol–water partition coefficient (Wildman–Crippen LogP) is 2.95. The summed E-state index contributed by atoms with van der Waals surface area (Å²) in [5.74, 6) is 0. The van der Waals surface area contributed by atoms with Crippen LogP contribution in [0.3, 0.4) is 0 Å². The molecule has 3 aromatic carbocycles. The Kier molecular flexibility index (Phi) is 4.81. The van der Waals surface area contributed by atoms with Crippen molar-refractivity contribution < 1.29 is 9.90 Å². The first-order valence-corrected chi connectivity index (χ1v) is 9.13. The minimum atomic E-state index is -1.14. The third-order valence-electron chi connectivity index (χ3n) is 4.76. The van der Waals surface area contributed by atoms with Crippen LogP contribution < -0.4 is 21.9 Å². The van der Waals surface area contributed by atoms with Gasteiger partial charge >= 0.3 is 11.8 Å². The van der Waals surface area contributed by atoms with Crippen LogP contribution in [0.15, 0.2) is 82.4 Å². The number of aromatic nitrogens is 2. The number of amides is 1. The van der Waals surface area contributed by atoms with E-state index in [-0.39, 0.29) is 17.4 Å². The Morgan fingerprint density at radius 1 is 1.00 bits per heavy atom. The van der Waals surface area contributed by atoms with Crippen molar-refractivity contribution in [2.24, 2.45) is 0 Å². The van der Waals surface area contributed by atoms with Crippen LogP contribution in [-0.2, 0) is 6.54 Å². The molecule has 0 radical (unpaired) electrons. The highest BCUT2D eigenvalue weighted by Crippen LogP contribution is 2.21. The van der Waals surface area contributed by atoms with Crippen LogP contribution in [0.4, 0.5) is 16.2 Å². The van der Waals surface area contributed by atoms with Gasteiger partial charge in [0, 0.05) is 11.4 Å². The van der Waals surface area contributed by atoms with Crippen LogP contribution in [0.5, 0.6) is 0 Å². The third-order valence-corrected chi connectivity index (χ3v) is 4.76. The maximum Gasteiger partial charge on any atom is 0.412 e. The first kappa shape index (κ1) is 19.0. The van der Waals surface area contributed by atoms with E-state index >= 15 is 0 Å². The van der Waals surface area contributed by atoms with Crippen molar-refractivity contribution in [3.05, 3.63) is 99.2 Å². The van der Waals surface area contributed by atoms with Gasteiger partial charge in [0.25, 0.3) is 5.56 Å². The van der Waals surface area contributed by atoms with Crippen molar-refractivity contribution >= 4 is 28.4 Å². The lowest BCUT2D eigenvalue weighted by molar-refractivity contribution is 0.201. The minimum Gasteiger partial charge on any atom is -0.465 e. The Labute approximate surface area is 170 Å². The second-order valence-corrected chi connectivity index (χ2v) is 6.75. The van der Waals surface area contributed by atoms with Gasteiger partial charge in [-0.2, -0.15) is 0 Å². The largest absolute Gasteiger partial charge is 0.465 e. The SMILES string of the molecule is Nc1ccc(-n2c(=O)[nH]c3cc(N(Cc4ccccc4)C(=O)O)ccc3c2=O)cc1. The molecule has 8 heteroatoms. The van der Waals surface area contributed by atoms with E-state index in [4.69, 9.17) is 5.73 Å². The molecule has 4 rings (SSSR count). The topological polar surface area (TPSA) is 121 Å². The molecule has 8 nitrogen and oxygen atoms in total. The molecule has 0 aliphatic heterocycles. The van der Waals surface area contributed by atoms with Gasteiger partial charge in [0.05, 0.1) is 23.1 Å². The fraction of sp³-hybridized carbons (Fsp3) is 0.0455. The average molecular weight is 402 g/mol. The molecule has 1 amide bonds. The molecule has 0 saturated carbocycles. The maximum absolute atomic E-state index is 12.9. The van der Waals surface area contributed by atoms with Crippen molar-refractivity contribution in [1.29, 1.82) is 0 Å². The minimum absolute atomic E-state index is 0.133. The lowest BCUT2D eigenvalue weighted by atomic mass is 10.1. The van der Waals surface area contributed by atoms with Crippen molar-refractivity contribution in [2.75, 3.05) is 10.6 Å². The average Bonchev–Trinajstić information content (AvgIpc) is 2.73. The van der Waals surface area contributed by atoms with Crippen LogP contribution in [-0.4, -0.2) is 20.8 Å². The molecule has 0 fully saturated rings. The number of carbonyl (C=O) groups is 1. The molecule has 1 aromatic heterocycles. The van der Waals surface area contributed by atoms with E-state index in [0.717, 1.165) is 15.0 Å². The lowest BCUT2D eigenvalue weighted by Gasteiger charge is -2.20. The number of benzene rings is 3. The molecule has 4 N–H and O–H groups in total. The number of aromatic amines is 1. The van der Waals surface area contributed by atoms with Gasteiger partial charge in [-0.3, -0.25) is 9.69 Å². The summed E-state index contributed by atoms with van der Waals surface area (Å²) in [6.07, 6.45) is -1.14. The van der Waals surface area contributed by atoms with E-state index in [0.29, 0.717) is 17.1 Å². The van der Waals surface area contributed by atoms with Gasteiger partial charge in [-0.05, 0) is 48.0 Å². The van der Waals surface area contributed by atoms with Gasteiger partial charge in [-0.1, -0.05) is 30.3 Å². The summed E-state index contributed by atoms with van der Waals surface area (Å²) in [5, 5.41) is 9.93. The van der Waals surface area contributed by atoms with E-state index in [1.165, 1.54) is 12.1 Å². The highest BCUT2D eigenvalue weighted by atomic mass is 16.4. The Hall–Kier alpha value is -4.33. The summed E-state index contributed by atoms with van der Waals surface area (Å²) >= 11 is 0. The number of nitrogens with two attached hydrogens (primary N) is 1. The van der Waals surface area contributed by atoms with Crippen molar-refractivity contribution in [3.63, 3.8) is 0 Å². The highest BCUT2D eigenvalue weighted by molar-refractivity contribution is 5.90. The highest BCUT2D eigenvalue weighted by Gasteiger charge is 2.17. The molecule has 0 aliphatic rings. The number of rotatable bonds is 4. The van der Waals surface area contributed by atoms with Crippen molar-refractivity contribution in [3.8, 4) is 5.69 Å². The summed E-state index contributed by atoms with van der Waals surface area (Å²) in [6, 6.07) is 20.1. The summed E-state index contributed by atoms with van der Waals surface area (Å²) < 4.78 is 1.01. The Balaban J connectivity index is 1.80. The third kappa shape index (κ3) is 3.53. The summed E-state index contributed by atoms with van der Waals surface area (Å²) in [4.78, 5) is 41.2. The Morgan fingerprint density at radius 2 is 1.70 bits per heavy atom. The predicted molar refractivity (Wildman–Crippen MR) is 115 cm³/mol. The van der Waals surface area contributed by atoms with Crippen LogP contribution in [0, 0.1) is 0 Å². The normalized spacial score (nSPS) is 10.8. The van der Waals surface area contributed by atoms with E-state index in [2.05, 4.69) is 4.98 Å². The quantitative estimate of drug-likeness (QED) is 0.453. The molecule has 0 spiro atoms. The summed E-state index contributed by atoms with van der Waals surface area (Å²) in [7, 11) is 0.